The van der Waals surface area contributed by atoms with Gasteiger partial charge in [-0.1, -0.05) is 18.2 Å². The monoisotopic (exact) mass is 361 g/mol. The van der Waals surface area contributed by atoms with Crippen LogP contribution in [-0.2, 0) is 13.2 Å². The molecule has 0 aliphatic heterocycles. The van der Waals surface area contributed by atoms with Crippen molar-refractivity contribution >= 4 is 5.91 Å². The van der Waals surface area contributed by atoms with E-state index in [4.69, 9.17) is 9.15 Å². The summed E-state index contributed by atoms with van der Waals surface area (Å²) in [6.07, 6.45) is 3.83. The van der Waals surface area contributed by atoms with Gasteiger partial charge in [0.2, 0.25) is 0 Å². The van der Waals surface area contributed by atoms with Gasteiger partial charge >= 0.3 is 6.55 Å². The van der Waals surface area contributed by atoms with Gasteiger partial charge < -0.3 is 14.1 Å². The smallest absolute Gasteiger partial charge is 0.319 e. The van der Waals surface area contributed by atoms with E-state index < -0.39 is 12.5 Å². The van der Waals surface area contributed by atoms with Crippen LogP contribution in [0.15, 0.2) is 59.5 Å². The van der Waals surface area contributed by atoms with Crippen molar-refractivity contribution in [3.05, 3.63) is 72.2 Å². The number of benzene rings is 1. The van der Waals surface area contributed by atoms with Crippen molar-refractivity contribution in [2.24, 2.45) is 0 Å². The minimum atomic E-state index is -2.71. The number of aromatic nitrogens is 2. The number of hydrogen-bond donors (Lipinski definition) is 0. The Morgan fingerprint density at radius 1 is 1.31 bits per heavy atom. The van der Waals surface area contributed by atoms with Gasteiger partial charge in [0.15, 0.2) is 5.76 Å². The van der Waals surface area contributed by atoms with Crippen LogP contribution in [0.5, 0.6) is 5.75 Å². The van der Waals surface area contributed by atoms with Crippen LogP contribution in [0.25, 0.3) is 0 Å². The molecule has 0 fully saturated rings. The summed E-state index contributed by atoms with van der Waals surface area (Å²) in [4.78, 5) is 17.7. The molecule has 136 valence electrons. The van der Waals surface area contributed by atoms with Crippen LogP contribution < -0.4 is 4.74 Å². The Kier molecular flexibility index (Phi) is 5.31. The van der Waals surface area contributed by atoms with E-state index in [9.17, 15) is 13.6 Å². The van der Waals surface area contributed by atoms with Crippen molar-refractivity contribution in [2.75, 3.05) is 7.05 Å². The number of amides is 1. The molecule has 1 amide bonds. The molecule has 3 rings (SSSR count). The summed E-state index contributed by atoms with van der Waals surface area (Å²) >= 11 is 0. The van der Waals surface area contributed by atoms with E-state index in [1.54, 1.807) is 18.2 Å². The van der Waals surface area contributed by atoms with E-state index in [0.717, 1.165) is 0 Å². The Labute approximate surface area is 148 Å². The van der Waals surface area contributed by atoms with Gasteiger partial charge in [-0.25, -0.2) is 4.98 Å². The Morgan fingerprint density at radius 2 is 2.08 bits per heavy atom. The molecule has 6 nitrogen and oxygen atoms in total. The predicted molar refractivity (Wildman–Crippen MR) is 88.8 cm³/mol. The first-order chi connectivity index (χ1) is 12.6. The fourth-order valence-corrected chi connectivity index (χ4v) is 2.42. The standard InChI is InChI=1S/C18H17F2N3O3/c1-22(11-15-21-8-9-23(15)18(19)20)17(24)16-13(7-10-25-16)12-26-14-5-3-2-4-6-14/h2-10,18H,11-12H2,1H3. The highest BCUT2D eigenvalue weighted by molar-refractivity contribution is 5.92. The van der Waals surface area contributed by atoms with E-state index in [0.29, 0.717) is 15.9 Å². The normalized spacial score (nSPS) is 10.9. The highest BCUT2D eigenvalue weighted by Gasteiger charge is 2.22. The first kappa shape index (κ1) is 17.7. The molecule has 0 aliphatic rings. The molecule has 0 aliphatic carbocycles. The molecule has 0 unspecified atom stereocenters. The van der Waals surface area contributed by atoms with Crippen LogP contribution in [0, 0.1) is 0 Å². The number of para-hydroxylation sites is 1. The van der Waals surface area contributed by atoms with Crippen molar-refractivity contribution in [1.29, 1.82) is 0 Å². The largest absolute Gasteiger partial charge is 0.489 e. The van der Waals surface area contributed by atoms with Crippen LogP contribution in [-0.4, -0.2) is 27.4 Å². The number of hydrogen-bond acceptors (Lipinski definition) is 4. The zero-order valence-electron chi connectivity index (χ0n) is 14.0. The van der Waals surface area contributed by atoms with Crippen LogP contribution >= 0.6 is 0 Å². The highest BCUT2D eigenvalue weighted by atomic mass is 19.3. The van der Waals surface area contributed by atoms with E-state index in [1.165, 1.54) is 30.6 Å². The van der Waals surface area contributed by atoms with Gasteiger partial charge in [0, 0.05) is 25.0 Å². The van der Waals surface area contributed by atoms with Crippen LogP contribution in [0.3, 0.4) is 0 Å². The second-order valence-corrected chi connectivity index (χ2v) is 5.57. The molecule has 0 atom stereocenters. The molecule has 1 aromatic carbocycles. The average molecular weight is 361 g/mol. The zero-order valence-corrected chi connectivity index (χ0v) is 14.0. The molecule has 0 radical (unpaired) electrons. The Morgan fingerprint density at radius 3 is 2.81 bits per heavy atom. The fraction of sp³-hybridized carbons (Fsp3) is 0.222. The summed E-state index contributed by atoms with van der Waals surface area (Å²) in [5, 5.41) is 0. The molecule has 0 N–H and O–H groups in total. The molecule has 0 spiro atoms. The van der Waals surface area contributed by atoms with E-state index in [2.05, 4.69) is 4.98 Å². The highest BCUT2D eigenvalue weighted by Crippen LogP contribution is 2.19. The first-order valence-corrected chi connectivity index (χ1v) is 7.86. The number of carbonyl (C=O) groups is 1. The number of nitrogens with zero attached hydrogens (tertiary/aromatic N) is 3. The van der Waals surface area contributed by atoms with Crippen LogP contribution in [0.4, 0.5) is 8.78 Å². The molecule has 0 bridgehead atoms. The van der Waals surface area contributed by atoms with Crippen molar-refractivity contribution in [2.45, 2.75) is 19.7 Å². The predicted octanol–water partition coefficient (Wildman–Crippen LogP) is 3.72. The Balaban J connectivity index is 1.68. The lowest BCUT2D eigenvalue weighted by Gasteiger charge is -2.17. The van der Waals surface area contributed by atoms with Crippen molar-refractivity contribution in [3.63, 3.8) is 0 Å². The third kappa shape index (κ3) is 3.90. The third-order valence-electron chi connectivity index (χ3n) is 3.76. The molecule has 2 aromatic heterocycles. The lowest BCUT2D eigenvalue weighted by Crippen LogP contribution is -2.28. The van der Waals surface area contributed by atoms with Gasteiger partial charge in [0.1, 0.15) is 18.2 Å². The second-order valence-electron chi connectivity index (χ2n) is 5.57. The summed E-state index contributed by atoms with van der Waals surface area (Å²) < 4.78 is 37.4. The second kappa shape index (κ2) is 7.81. The lowest BCUT2D eigenvalue weighted by atomic mass is 10.2. The lowest BCUT2D eigenvalue weighted by molar-refractivity contribution is 0.0603. The maximum atomic E-state index is 12.9. The minimum absolute atomic E-state index is 0.0736. The molecule has 8 heteroatoms. The van der Waals surface area contributed by atoms with Crippen molar-refractivity contribution < 1.29 is 22.7 Å². The number of imidazole rings is 1. The zero-order chi connectivity index (χ0) is 18.5. The fourth-order valence-electron chi connectivity index (χ4n) is 2.42. The molecule has 0 saturated carbocycles. The Bertz CT molecular complexity index is 861. The number of carbonyl (C=O) groups excluding carboxylic acids is 1. The van der Waals surface area contributed by atoms with E-state index in [-0.39, 0.29) is 24.7 Å². The number of furan rings is 1. The van der Waals surface area contributed by atoms with Gasteiger partial charge in [-0.15, -0.1) is 0 Å². The molecule has 3 aromatic rings. The van der Waals surface area contributed by atoms with Gasteiger partial charge in [0.05, 0.1) is 12.8 Å². The van der Waals surface area contributed by atoms with Gasteiger partial charge in [-0.2, -0.15) is 8.78 Å². The van der Waals surface area contributed by atoms with Crippen molar-refractivity contribution in [1.82, 2.24) is 14.5 Å². The van der Waals surface area contributed by atoms with Crippen molar-refractivity contribution in [3.8, 4) is 5.75 Å². The molecular formula is C18H17F2N3O3. The molecule has 2 heterocycles. The summed E-state index contributed by atoms with van der Waals surface area (Å²) in [7, 11) is 1.50. The summed E-state index contributed by atoms with van der Waals surface area (Å²) in [6.45, 7) is -2.63. The third-order valence-corrected chi connectivity index (χ3v) is 3.76. The number of ether oxygens (including phenoxy) is 1. The van der Waals surface area contributed by atoms with Gasteiger partial charge in [-0.3, -0.25) is 9.36 Å². The summed E-state index contributed by atoms with van der Waals surface area (Å²) in [5.41, 5.74) is 0.572. The number of halogens is 2. The topological polar surface area (TPSA) is 60.5 Å². The molecule has 0 saturated heterocycles. The Hall–Kier alpha value is -3.16. The molecule has 26 heavy (non-hydrogen) atoms. The average Bonchev–Trinajstić information content (AvgIpc) is 3.29. The van der Waals surface area contributed by atoms with E-state index >= 15 is 0 Å². The van der Waals surface area contributed by atoms with Crippen LogP contribution in [0.2, 0.25) is 0 Å². The molecular weight excluding hydrogens is 344 g/mol. The number of alkyl halides is 2. The summed E-state index contributed by atoms with van der Waals surface area (Å²) in [5.74, 6) is 0.424. The maximum Gasteiger partial charge on any atom is 0.319 e. The number of rotatable bonds is 7. The minimum Gasteiger partial charge on any atom is -0.489 e. The van der Waals surface area contributed by atoms with Gasteiger partial charge in [-0.05, 0) is 18.2 Å². The SMILES string of the molecule is CN(Cc1nccn1C(F)F)C(=O)c1occc1COc1ccccc1. The van der Waals surface area contributed by atoms with E-state index in [1.807, 2.05) is 18.2 Å². The maximum absolute atomic E-state index is 12.9. The van der Waals surface area contributed by atoms with Crippen LogP contribution in [0.1, 0.15) is 28.5 Å². The quantitative estimate of drug-likeness (QED) is 0.643. The summed E-state index contributed by atoms with van der Waals surface area (Å²) in [6, 6.07) is 10.8. The van der Waals surface area contributed by atoms with Gasteiger partial charge in [0.25, 0.3) is 5.91 Å². The first-order valence-electron chi connectivity index (χ1n) is 7.86.